The number of fused-ring (bicyclic) bond motifs is 1. The van der Waals surface area contributed by atoms with Gasteiger partial charge in [-0.25, -0.2) is 4.79 Å². The molecule has 2 heterocycles. The van der Waals surface area contributed by atoms with Crippen molar-refractivity contribution in [3.8, 4) is 0 Å². The van der Waals surface area contributed by atoms with E-state index in [1.807, 2.05) is 6.26 Å². The van der Waals surface area contributed by atoms with Crippen LogP contribution in [0.5, 0.6) is 0 Å². The van der Waals surface area contributed by atoms with Crippen LogP contribution in [0.1, 0.15) is 49.3 Å². The number of nitrogens with zero attached hydrogens (tertiary/aromatic N) is 1. The molecule has 0 radical (unpaired) electrons. The second kappa shape index (κ2) is 9.44. The van der Waals surface area contributed by atoms with Crippen LogP contribution in [-0.4, -0.2) is 53.2 Å². The van der Waals surface area contributed by atoms with E-state index in [0.29, 0.717) is 38.7 Å². The number of carbonyl (C=O) groups excluding carboxylic acids is 4. The minimum atomic E-state index is -0.946. The Morgan fingerprint density at radius 2 is 1.83 bits per heavy atom. The van der Waals surface area contributed by atoms with E-state index in [0.717, 1.165) is 16.2 Å². The van der Waals surface area contributed by atoms with E-state index in [1.54, 1.807) is 44.2 Å². The molecule has 1 unspecified atom stereocenters. The van der Waals surface area contributed by atoms with E-state index in [-0.39, 0.29) is 6.61 Å². The quantitative estimate of drug-likeness (QED) is 0.492. The van der Waals surface area contributed by atoms with Crippen molar-refractivity contribution in [1.82, 2.24) is 4.90 Å². The molecule has 0 fully saturated rings. The van der Waals surface area contributed by atoms with E-state index in [9.17, 15) is 19.2 Å². The molecule has 0 bridgehead atoms. The van der Waals surface area contributed by atoms with Gasteiger partial charge in [0, 0.05) is 0 Å². The number of thiophene rings is 1. The fourth-order valence-corrected chi connectivity index (χ4v) is 4.67. The van der Waals surface area contributed by atoms with Crippen LogP contribution >= 0.6 is 23.1 Å². The number of anilines is 1. The van der Waals surface area contributed by atoms with Crippen LogP contribution in [-0.2, 0) is 9.53 Å². The number of nitrogens with one attached hydrogen (secondary N) is 1. The molecule has 3 rings (SSSR count). The lowest BCUT2D eigenvalue weighted by Gasteiger charge is -2.25. The Kier molecular flexibility index (Phi) is 6.94. The number of thioether (sulfide) groups is 1. The fraction of sp³-hybridized carbons (Fsp3) is 0.333. The van der Waals surface area contributed by atoms with Crippen molar-refractivity contribution < 1.29 is 23.9 Å². The van der Waals surface area contributed by atoms with Gasteiger partial charge in [-0.2, -0.15) is 11.8 Å². The van der Waals surface area contributed by atoms with Crippen molar-refractivity contribution in [2.75, 3.05) is 23.9 Å². The molecular weight excluding hydrogens is 424 g/mol. The molecule has 1 N–H and O–H groups in total. The summed E-state index contributed by atoms with van der Waals surface area (Å²) in [5.74, 6) is -1.24. The first-order valence-corrected chi connectivity index (χ1v) is 11.6. The molecule has 0 aliphatic carbocycles. The third-order valence-electron chi connectivity index (χ3n) is 4.66. The Labute approximate surface area is 182 Å². The van der Waals surface area contributed by atoms with Gasteiger partial charge in [-0.3, -0.25) is 19.3 Å². The zero-order valence-corrected chi connectivity index (χ0v) is 18.5. The smallest absolute Gasteiger partial charge is 0.348 e. The van der Waals surface area contributed by atoms with Crippen LogP contribution in [0.2, 0.25) is 0 Å². The molecular formula is C21H22N2O5S2. The number of esters is 1. The first-order chi connectivity index (χ1) is 14.4. The molecule has 1 aliphatic heterocycles. The van der Waals surface area contributed by atoms with Crippen molar-refractivity contribution in [3.05, 3.63) is 51.9 Å². The number of carbonyl (C=O) groups is 4. The minimum absolute atomic E-state index is 0.258. The van der Waals surface area contributed by atoms with Crippen molar-refractivity contribution in [1.29, 1.82) is 0 Å². The third-order valence-corrected chi connectivity index (χ3v) is 6.44. The summed E-state index contributed by atoms with van der Waals surface area (Å²) in [6, 6.07) is 7.30. The van der Waals surface area contributed by atoms with Crippen molar-refractivity contribution in [2.45, 2.75) is 26.3 Å². The van der Waals surface area contributed by atoms with Gasteiger partial charge in [0.2, 0.25) is 5.91 Å². The highest BCUT2D eigenvalue weighted by Crippen LogP contribution is 2.30. The number of rotatable bonds is 8. The maximum absolute atomic E-state index is 13.1. The van der Waals surface area contributed by atoms with Crippen LogP contribution in [0.25, 0.3) is 0 Å². The maximum atomic E-state index is 13.1. The summed E-state index contributed by atoms with van der Waals surface area (Å²) in [4.78, 5) is 52.3. The van der Waals surface area contributed by atoms with Crippen LogP contribution in [0.15, 0.2) is 30.3 Å². The van der Waals surface area contributed by atoms with E-state index < -0.39 is 29.7 Å². The standard InChI is InChI=1S/C21H22N2O5S2/c1-4-28-21(27)17-12(2)11-16(30-17)22-18(24)15(9-10-29-3)23-19(25)13-7-5-6-8-14(13)20(23)26/h5-8,11,15H,4,9-10H2,1-3H3,(H,22,24). The number of hydrogen-bond donors (Lipinski definition) is 1. The minimum Gasteiger partial charge on any atom is -0.462 e. The van der Waals surface area contributed by atoms with Crippen LogP contribution in [0, 0.1) is 6.92 Å². The SMILES string of the molecule is CCOC(=O)c1sc(NC(=O)C(CCSC)N2C(=O)c3ccccc3C2=O)cc1C. The number of hydrogen-bond acceptors (Lipinski definition) is 7. The van der Waals surface area contributed by atoms with Gasteiger partial charge in [-0.15, -0.1) is 11.3 Å². The average Bonchev–Trinajstić information content (AvgIpc) is 3.21. The Bertz CT molecular complexity index is 966. The zero-order valence-electron chi connectivity index (χ0n) is 16.9. The van der Waals surface area contributed by atoms with Gasteiger partial charge in [0.25, 0.3) is 11.8 Å². The number of imide groups is 1. The molecule has 1 aromatic heterocycles. The largest absolute Gasteiger partial charge is 0.462 e. The van der Waals surface area contributed by atoms with Gasteiger partial charge < -0.3 is 10.1 Å². The van der Waals surface area contributed by atoms with Crippen molar-refractivity contribution in [2.24, 2.45) is 0 Å². The molecule has 1 aromatic carbocycles. The lowest BCUT2D eigenvalue weighted by atomic mass is 10.1. The third kappa shape index (κ3) is 4.27. The van der Waals surface area contributed by atoms with Gasteiger partial charge in [0.15, 0.2) is 0 Å². The first kappa shape index (κ1) is 22.0. The van der Waals surface area contributed by atoms with Crippen molar-refractivity contribution >= 4 is 51.8 Å². The first-order valence-electron chi connectivity index (χ1n) is 9.43. The van der Waals surface area contributed by atoms with Gasteiger partial charge in [-0.05, 0) is 56.0 Å². The molecule has 9 heteroatoms. The van der Waals surface area contributed by atoms with Gasteiger partial charge in [-0.1, -0.05) is 12.1 Å². The molecule has 0 saturated heterocycles. The maximum Gasteiger partial charge on any atom is 0.348 e. The van der Waals surface area contributed by atoms with Gasteiger partial charge in [0.05, 0.1) is 22.7 Å². The highest BCUT2D eigenvalue weighted by Gasteiger charge is 2.42. The second-order valence-corrected chi connectivity index (χ2v) is 8.69. The summed E-state index contributed by atoms with van der Waals surface area (Å²) < 4.78 is 5.03. The Morgan fingerprint density at radius 3 is 2.40 bits per heavy atom. The molecule has 158 valence electrons. The second-order valence-electron chi connectivity index (χ2n) is 6.66. The Balaban J connectivity index is 1.84. The molecule has 1 atom stereocenters. The summed E-state index contributed by atoms with van der Waals surface area (Å²) >= 11 is 2.64. The lowest BCUT2D eigenvalue weighted by Crippen LogP contribution is -2.47. The van der Waals surface area contributed by atoms with E-state index in [1.165, 1.54) is 11.8 Å². The Morgan fingerprint density at radius 1 is 1.20 bits per heavy atom. The summed E-state index contributed by atoms with van der Waals surface area (Å²) in [7, 11) is 0. The molecule has 1 aliphatic rings. The van der Waals surface area contributed by atoms with Crippen LogP contribution < -0.4 is 5.32 Å². The predicted octanol–water partition coefficient (Wildman–Crippen LogP) is 3.59. The molecule has 7 nitrogen and oxygen atoms in total. The monoisotopic (exact) mass is 446 g/mol. The highest BCUT2D eigenvalue weighted by atomic mass is 32.2. The zero-order chi connectivity index (χ0) is 21.8. The highest BCUT2D eigenvalue weighted by molar-refractivity contribution is 7.98. The topological polar surface area (TPSA) is 92.8 Å². The summed E-state index contributed by atoms with van der Waals surface area (Å²) in [6.45, 7) is 3.74. The molecule has 2 aromatic rings. The molecule has 0 saturated carbocycles. The lowest BCUT2D eigenvalue weighted by molar-refractivity contribution is -0.120. The number of ether oxygens (including phenoxy) is 1. The number of aryl methyl sites for hydroxylation is 1. The molecule has 30 heavy (non-hydrogen) atoms. The number of amides is 3. The average molecular weight is 447 g/mol. The van der Waals surface area contributed by atoms with Gasteiger partial charge in [0.1, 0.15) is 10.9 Å². The van der Waals surface area contributed by atoms with E-state index in [4.69, 9.17) is 4.74 Å². The summed E-state index contributed by atoms with van der Waals surface area (Å²) in [6.07, 6.45) is 2.22. The summed E-state index contributed by atoms with van der Waals surface area (Å²) in [5.41, 5.74) is 1.30. The van der Waals surface area contributed by atoms with E-state index >= 15 is 0 Å². The van der Waals surface area contributed by atoms with Gasteiger partial charge >= 0.3 is 5.97 Å². The van der Waals surface area contributed by atoms with Crippen LogP contribution in [0.4, 0.5) is 5.00 Å². The number of benzene rings is 1. The van der Waals surface area contributed by atoms with Crippen molar-refractivity contribution in [3.63, 3.8) is 0 Å². The predicted molar refractivity (Wildman–Crippen MR) is 117 cm³/mol. The fourth-order valence-electron chi connectivity index (χ4n) is 3.25. The van der Waals surface area contributed by atoms with E-state index in [2.05, 4.69) is 5.32 Å². The molecule has 0 spiro atoms. The Hall–Kier alpha value is -2.65. The van der Waals surface area contributed by atoms with Crippen LogP contribution in [0.3, 0.4) is 0 Å². The summed E-state index contributed by atoms with van der Waals surface area (Å²) in [5, 5.41) is 3.23. The molecule has 3 amide bonds. The normalized spacial score (nSPS) is 13.9.